The number of rotatable bonds is 6. The monoisotopic (exact) mass is 422 g/mol. The van der Waals surface area contributed by atoms with Crippen LogP contribution in [0.15, 0.2) is 48.5 Å². The zero-order valence-electron chi connectivity index (χ0n) is 18.1. The smallest absolute Gasteiger partial charge is 0.325 e. The van der Waals surface area contributed by atoms with Crippen molar-refractivity contribution in [2.75, 3.05) is 13.2 Å². The first-order chi connectivity index (χ1) is 14.9. The fourth-order valence-corrected chi connectivity index (χ4v) is 4.66. The van der Waals surface area contributed by atoms with E-state index in [1.165, 1.54) is 5.56 Å². The van der Waals surface area contributed by atoms with Crippen molar-refractivity contribution in [1.29, 1.82) is 0 Å². The van der Waals surface area contributed by atoms with Gasteiger partial charge in [-0.3, -0.25) is 9.69 Å². The van der Waals surface area contributed by atoms with Crippen LogP contribution in [0.2, 0.25) is 0 Å². The van der Waals surface area contributed by atoms with E-state index < -0.39 is 17.7 Å². The molecule has 31 heavy (non-hydrogen) atoms. The minimum atomic E-state index is -0.953. The zero-order valence-corrected chi connectivity index (χ0v) is 18.1. The summed E-state index contributed by atoms with van der Waals surface area (Å²) < 4.78 is 5.74. The normalized spacial score (nSPS) is 24.4. The van der Waals surface area contributed by atoms with Gasteiger partial charge in [0, 0.05) is 0 Å². The van der Waals surface area contributed by atoms with Gasteiger partial charge in [-0.1, -0.05) is 42.5 Å². The molecule has 164 valence electrons. The number of urea groups is 1. The number of amides is 3. The average Bonchev–Trinajstić information content (AvgIpc) is 2.99. The Morgan fingerprint density at radius 3 is 2.55 bits per heavy atom. The Balaban J connectivity index is 1.34. The third-order valence-electron chi connectivity index (χ3n) is 6.52. The molecule has 1 unspecified atom stereocenters. The van der Waals surface area contributed by atoms with Crippen LogP contribution in [0, 0.1) is 13.8 Å². The van der Waals surface area contributed by atoms with Crippen molar-refractivity contribution >= 4 is 11.9 Å². The van der Waals surface area contributed by atoms with Gasteiger partial charge in [0.15, 0.2) is 0 Å². The van der Waals surface area contributed by atoms with Gasteiger partial charge in [0.1, 0.15) is 24.0 Å². The van der Waals surface area contributed by atoms with Crippen LogP contribution in [0.1, 0.15) is 48.3 Å². The molecule has 1 heterocycles. The van der Waals surface area contributed by atoms with Crippen molar-refractivity contribution in [2.45, 2.75) is 57.1 Å². The summed E-state index contributed by atoms with van der Waals surface area (Å²) in [6.45, 7) is 3.86. The van der Waals surface area contributed by atoms with Gasteiger partial charge in [-0.15, -0.1) is 0 Å². The highest BCUT2D eigenvalue weighted by Crippen LogP contribution is 2.40. The molecule has 2 aromatic carbocycles. The number of nitrogens with zero attached hydrogens (tertiary/aromatic N) is 1. The van der Waals surface area contributed by atoms with Crippen LogP contribution in [0.25, 0.3) is 0 Å². The number of β-amino-alcohol motifs (C(OH)–C–C–N with tert-alkyl or cyclic N) is 1. The van der Waals surface area contributed by atoms with E-state index in [9.17, 15) is 14.7 Å². The summed E-state index contributed by atoms with van der Waals surface area (Å²) >= 11 is 0. The molecule has 4 rings (SSSR count). The third kappa shape index (κ3) is 4.44. The number of hydrogen-bond acceptors (Lipinski definition) is 4. The highest BCUT2D eigenvalue weighted by atomic mass is 16.5. The van der Waals surface area contributed by atoms with Gasteiger partial charge in [0.25, 0.3) is 5.91 Å². The van der Waals surface area contributed by atoms with E-state index in [0.717, 1.165) is 28.9 Å². The van der Waals surface area contributed by atoms with Crippen LogP contribution in [0.3, 0.4) is 0 Å². The molecule has 2 N–H and O–H groups in total. The van der Waals surface area contributed by atoms with Crippen molar-refractivity contribution in [3.05, 3.63) is 65.2 Å². The molecule has 1 spiro atoms. The highest BCUT2D eigenvalue weighted by Gasteiger charge is 2.52. The first-order valence-electron chi connectivity index (χ1n) is 11.0. The van der Waals surface area contributed by atoms with E-state index in [1.807, 2.05) is 50.2 Å². The fraction of sp³-hybridized carbons (Fsp3) is 0.440. The number of benzene rings is 2. The maximum Gasteiger partial charge on any atom is 0.325 e. The highest BCUT2D eigenvalue weighted by molar-refractivity contribution is 6.07. The summed E-state index contributed by atoms with van der Waals surface area (Å²) in [5, 5.41) is 13.4. The molecule has 0 bridgehead atoms. The summed E-state index contributed by atoms with van der Waals surface area (Å²) in [4.78, 5) is 26.8. The Bertz CT molecular complexity index is 951. The van der Waals surface area contributed by atoms with Crippen molar-refractivity contribution in [3.63, 3.8) is 0 Å². The van der Waals surface area contributed by atoms with Gasteiger partial charge in [0.2, 0.25) is 0 Å². The lowest BCUT2D eigenvalue weighted by atomic mass is 9.74. The first kappa shape index (κ1) is 21.4. The van der Waals surface area contributed by atoms with Crippen molar-refractivity contribution in [1.82, 2.24) is 10.2 Å². The van der Waals surface area contributed by atoms with Gasteiger partial charge in [0.05, 0.1) is 6.54 Å². The second-order valence-electron chi connectivity index (χ2n) is 8.85. The average molecular weight is 423 g/mol. The molecule has 3 amide bonds. The number of aryl methyl sites for hydroxylation is 2. The van der Waals surface area contributed by atoms with E-state index in [1.54, 1.807) is 0 Å². The lowest BCUT2D eigenvalue weighted by molar-refractivity contribution is -0.133. The van der Waals surface area contributed by atoms with Crippen LogP contribution >= 0.6 is 0 Å². The van der Waals surface area contributed by atoms with Crippen LogP contribution < -0.4 is 10.1 Å². The largest absolute Gasteiger partial charge is 0.491 e. The van der Waals surface area contributed by atoms with Crippen LogP contribution in [-0.2, 0) is 4.79 Å². The number of imide groups is 1. The van der Waals surface area contributed by atoms with E-state index in [2.05, 4.69) is 17.4 Å². The van der Waals surface area contributed by atoms with Crippen molar-refractivity contribution in [2.24, 2.45) is 0 Å². The molecular formula is C25H30N2O4. The first-order valence-corrected chi connectivity index (χ1v) is 11.0. The predicted molar refractivity (Wildman–Crippen MR) is 118 cm³/mol. The Morgan fingerprint density at radius 1 is 1.13 bits per heavy atom. The third-order valence-corrected chi connectivity index (χ3v) is 6.52. The molecule has 6 heteroatoms. The molecule has 2 aliphatic rings. The van der Waals surface area contributed by atoms with Crippen LogP contribution in [0.5, 0.6) is 5.75 Å². The summed E-state index contributed by atoms with van der Waals surface area (Å²) in [5.74, 6) is 0.879. The van der Waals surface area contributed by atoms with Gasteiger partial charge in [-0.05, 0) is 68.2 Å². The Labute approximate surface area is 183 Å². The quantitative estimate of drug-likeness (QED) is 0.696. The van der Waals surface area contributed by atoms with Gasteiger partial charge in [-0.25, -0.2) is 4.79 Å². The fourth-order valence-electron chi connectivity index (χ4n) is 4.66. The van der Waals surface area contributed by atoms with Gasteiger partial charge >= 0.3 is 6.03 Å². The molecule has 1 aliphatic heterocycles. The standard InChI is InChI=1S/C25H30N2O4/c1-17-8-9-18(2)22(14-17)31-16-21(28)15-27-23(29)25(26-24(27)30)12-10-20(11-13-25)19-6-4-3-5-7-19/h3-9,14,20-21,28H,10-13,15-16H2,1-2H3,(H,26,30). The van der Waals surface area contributed by atoms with Crippen molar-refractivity contribution in [3.8, 4) is 5.75 Å². The predicted octanol–water partition coefficient (Wildman–Crippen LogP) is 3.69. The SMILES string of the molecule is Cc1ccc(C)c(OCC(O)CN2C(=O)NC3(CCC(c4ccccc4)CC3)C2=O)c1. The van der Waals surface area contributed by atoms with Gasteiger partial charge < -0.3 is 15.2 Å². The lowest BCUT2D eigenvalue weighted by Crippen LogP contribution is -2.49. The van der Waals surface area contributed by atoms with Crippen LogP contribution in [0.4, 0.5) is 4.79 Å². The van der Waals surface area contributed by atoms with E-state index in [0.29, 0.717) is 24.5 Å². The molecule has 6 nitrogen and oxygen atoms in total. The molecule has 1 atom stereocenters. The number of nitrogens with one attached hydrogen (secondary N) is 1. The van der Waals surface area contributed by atoms with Crippen LogP contribution in [-0.4, -0.2) is 46.7 Å². The Morgan fingerprint density at radius 2 is 1.84 bits per heavy atom. The molecular weight excluding hydrogens is 392 g/mol. The topological polar surface area (TPSA) is 78.9 Å². The second kappa shape index (κ2) is 8.71. The molecule has 2 fully saturated rings. The number of aliphatic hydroxyl groups is 1. The Hall–Kier alpha value is -2.86. The van der Waals surface area contributed by atoms with Crippen molar-refractivity contribution < 1.29 is 19.4 Å². The molecule has 1 saturated carbocycles. The molecule has 1 saturated heterocycles. The van der Waals surface area contributed by atoms with Gasteiger partial charge in [-0.2, -0.15) is 0 Å². The molecule has 1 aliphatic carbocycles. The number of aliphatic hydroxyl groups excluding tert-OH is 1. The zero-order chi connectivity index (χ0) is 22.0. The minimum absolute atomic E-state index is 0.0183. The van der Waals surface area contributed by atoms with E-state index >= 15 is 0 Å². The maximum atomic E-state index is 13.1. The summed E-state index contributed by atoms with van der Waals surface area (Å²) in [5.41, 5.74) is 2.49. The number of carbonyl (C=O) groups is 2. The lowest BCUT2D eigenvalue weighted by Gasteiger charge is -2.35. The molecule has 0 aromatic heterocycles. The molecule has 0 radical (unpaired) electrons. The summed E-state index contributed by atoms with van der Waals surface area (Å²) in [6.07, 6.45) is 1.97. The second-order valence-corrected chi connectivity index (χ2v) is 8.85. The Kier molecular flexibility index (Phi) is 6.01. The number of carbonyl (C=O) groups excluding carboxylic acids is 2. The maximum absolute atomic E-state index is 13.1. The number of hydrogen-bond donors (Lipinski definition) is 2. The molecule has 2 aromatic rings. The van der Waals surface area contributed by atoms with E-state index in [4.69, 9.17) is 4.74 Å². The summed E-state index contributed by atoms with van der Waals surface area (Å²) in [6, 6.07) is 15.8. The summed E-state index contributed by atoms with van der Waals surface area (Å²) in [7, 11) is 0. The van der Waals surface area contributed by atoms with E-state index in [-0.39, 0.29) is 19.1 Å². The number of ether oxygens (including phenoxy) is 1. The minimum Gasteiger partial charge on any atom is -0.491 e.